The van der Waals surface area contributed by atoms with Crippen LogP contribution in [0.4, 0.5) is 0 Å². The van der Waals surface area contributed by atoms with Gasteiger partial charge in [-0.25, -0.2) is 0 Å². The second-order valence-electron chi connectivity index (χ2n) is 5.72. The Morgan fingerprint density at radius 3 is 2.84 bits per heavy atom. The first-order chi connectivity index (χ1) is 8.99. The molecule has 0 N–H and O–H groups in total. The summed E-state index contributed by atoms with van der Waals surface area (Å²) >= 11 is 0. The van der Waals surface area contributed by atoms with Gasteiger partial charge in [-0.15, -0.1) is 0 Å². The molecule has 0 aromatic carbocycles. The van der Waals surface area contributed by atoms with Crippen LogP contribution in [-0.4, -0.2) is 22.5 Å². The Morgan fingerprint density at radius 2 is 2.26 bits per heavy atom. The molecule has 1 atom stereocenters. The summed E-state index contributed by atoms with van der Waals surface area (Å²) in [7, 11) is 0. The summed E-state index contributed by atoms with van der Waals surface area (Å²) in [6.07, 6.45) is 3.69. The summed E-state index contributed by atoms with van der Waals surface area (Å²) < 4.78 is 5.34. The van der Waals surface area contributed by atoms with E-state index in [-0.39, 0.29) is 11.9 Å². The normalized spacial score (nSPS) is 19.0. The summed E-state index contributed by atoms with van der Waals surface area (Å²) in [4.78, 5) is 14.1. The lowest BCUT2D eigenvalue weighted by Crippen LogP contribution is -2.29. The second-order valence-corrected chi connectivity index (χ2v) is 5.72. The molecule has 0 bridgehead atoms. The molecule has 1 amide bonds. The molecule has 1 aromatic rings. The number of nitrogens with zero attached hydrogens (tertiary/aromatic N) is 2. The van der Waals surface area contributed by atoms with E-state index in [9.17, 15) is 4.79 Å². The Kier molecular flexibility index (Phi) is 4.08. The van der Waals surface area contributed by atoms with E-state index in [1.807, 2.05) is 24.8 Å². The molecule has 104 valence electrons. The minimum atomic E-state index is 0.0688. The molecule has 1 fully saturated rings. The first kappa shape index (κ1) is 13.8. The summed E-state index contributed by atoms with van der Waals surface area (Å²) in [5, 5.41) is 4.14. The van der Waals surface area contributed by atoms with E-state index >= 15 is 0 Å². The van der Waals surface area contributed by atoms with Crippen molar-refractivity contribution in [3.05, 3.63) is 29.2 Å². The Balaban J connectivity index is 2.18. The van der Waals surface area contributed by atoms with Gasteiger partial charge in [-0.2, -0.15) is 0 Å². The standard InChI is InChI=1S/C15H22N2O2/c1-10(2)8-15(18)17-7-5-6-13(17)12-9-14(11(3)4)19-16-12/h8-9,11,13H,5-7H2,1-4H3. The highest BCUT2D eigenvalue weighted by atomic mass is 16.5. The average molecular weight is 262 g/mol. The number of allylic oxidation sites excluding steroid dienone is 1. The monoisotopic (exact) mass is 262 g/mol. The third-order valence-electron chi connectivity index (χ3n) is 3.41. The minimum Gasteiger partial charge on any atom is -0.361 e. The third-order valence-corrected chi connectivity index (χ3v) is 3.41. The van der Waals surface area contributed by atoms with Crippen molar-refractivity contribution in [3.63, 3.8) is 0 Å². The van der Waals surface area contributed by atoms with Crippen LogP contribution in [0, 0.1) is 0 Å². The number of carbonyl (C=O) groups is 1. The van der Waals surface area contributed by atoms with Gasteiger partial charge in [-0.05, 0) is 26.7 Å². The number of likely N-dealkylation sites (tertiary alicyclic amines) is 1. The predicted octanol–water partition coefficient (Wildman–Crippen LogP) is 3.43. The van der Waals surface area contributed by atoms with E-state index in [4.69, 9.17) is 4.52 Å². The van der Waals surface area contributed by atoms with Crippen molar-refractivity contribution in [1.29, 1.82) is 0 Å². The van der Waals surface area contributed by atoms with Crippen LogP contribution in [0.5, 0.6) is 0 Å². The molecule has 4 nitrogen and oxygen atoms in total. The van der Waals surface area contributed by atoms with Crippen molar-refractivity contribution >= 4 is 5.91 Å². The zero-order valence-corrected chi connectivity index (χ0v) is 12.1. The summed E-state index contributed by atoms with van der Waals surface area (Å²) in [5.41, 5.74) is 1.91. The SMILES string of the molecule is CC(C)=CC(=O)N1CCCC1c1cc(C(C)C)on1. The maximum absolute atomic E-state index is 12.2. The number of carbonyl (C=O) groups excluding carboxylic acids is 1. The molecule has 19 heavy (non-hydrogen) atoms. The predicted molar refractivity (Wildman–Crippen MR) is 73.7 cm³/mol. The van der Waals surface area contributed by atoms with Crippen LogP contribution in [0.2, 0.25) is 0 Å². The van der Waals surface area contributed by atoms with Gasteiger partial charge in [0.25, 0.3) is 0 Å². The number of hydrogen-bond donors (Lipinski definition) is 0. The number of hydrogen-bond acceptors (Lipinski definition) is 3. The van der Waals surface area contributed by atoms with Crippen LogP contribution in [-0.2, 0) is 4.79 Å². The molecular formula is C15H22N2O2. The second kappa shape index (κ2) is 5.59. The Hall–Kier alpha value is -1.58. The van der Waals surface area contributed by atoms with Crippen molar-refractivity contribution in [2.24, 2.45) is 0 Å². The lowest BCUT2D eigenvalue weighted by molar-refractivity contribution is -0.127. The minimum absolute atomic E-state index is 0.0688. The lowest BCUT2D eigenvalue weighted by atomic mass is 10.1. The average Bonchev–Trinajstić information content (AvgIpc) is 2.96. The highest BCUT2D eigenvalue weighted by Gasteiger charge is 2.31. The van der Waals surface area contributed by atoms with E-state index in [0.717, 1.165) is 36.4 Å². The smallest absolute Gasteiger partial charge is 0.247 e. The maximum atomic E-state index is 12.2. The van der Waals surface area contributed by atoms with Gasteiger partial charge in [0, 0.05) is 24.6 Å². The largest absolute Gasteiger partial charge is 0.361 e. The van der Waals surface area contributed by atoms with Crippen molar-refractivity contribution < 1.29 is 9.32 Å². The van der Waals surface area contributed by atoms with Crippen LogP contribution in [0.25, 0.3) is 0 Å². The number of rotatable bonds is 3. The summed E-state index contributed by atoms with van der Waals surface area (Å²) in [6.45, 7) is 8.83. The van der Waals surface area contributed by atoms with E-state index in [0.29, 0.717) is 5.92 Å². The van der Waals surface area contributed by atoms with E-state index in [1.54, 1.807) is 6.08 Å². The molecule has 1 unspecified atom stereocenters. The number of aromatic nitrogens is 1. The van der Waals surface area contributed by atoms with Crippen LogP contribution >= 0.6 is 0 Å². The molecule has 1 aliphatic rings. The summed E-state index contributed by atoms with van der Waals surface area (Å²) in [5.74, 6) is 1.29. The van der Waals surface area contributed by atoms with Crippen molar-refractivity contribution in [1.82, 2.24) is 10.1 Å². The van der Waals surface area contributed by atoms with Gasteiger partial charge in [0.05, 0.1) is 6.04 Å². The van der Waals surface area contributed by atoms with Crippen LogP contribution in [0.1, 0.15) is 64.0 Å². The lowest BCUT2D eigenvalue weighted by Gasteiger charge is -2.21. The molecule has 1 aliphatic heterocycles. The topological polar surface area (TPSA) is 46.3 Å². The fourth-order valence-electron chi connectivity index (χ4n) is 2.40. The fourth-order valence-corrected chi connectivity index (χ4v) is 2.40. The van der Waals surface area contributed by atoms with E-state index in [1.165, 1.54) is 0 Å². The van der Waals surface area contributed by atoms with Gasteiger partial charge in [-0.1, -0.05) is 24.6 Å². The third kappa shape index (κ3) is 3.06. The van der Waals surface area contributed by atoms with E-state index in [2.05, 4.69) is 19.0 Å². The van der Waals surface area contributed by atoms with Gasteiger partial charge >= 0.3 is 0 Å². The first-order valence-corrected chi connectivity index (χ1v) is 6.91. The van der Waals surface area contributed by atoms with Gasteiger partial charge in [0.15, 0.2) is 0 Å². The summed E-state index contributed by atoms with van der Waals surface area (Å²) in [6, 6.07) is 2.06. The first-order valence-electron chi connectivity index (χ1n) is 6.91. The molecule has 0 radical (unpaired) electrons. The van der Waals surface area contributed by atoms with E-state index < -0.39 is 0 Å². The fraction of sp³-hybridized carbons (Fsp3) is 0.600. The van der Waals surface area contributed by atoms with Gasteiger partial charge in [0.1, 0.15) is 11.5 Å². The molecule has 1 aromatic heterocycles. The maximum Gasteiger partial charge on any atom is 0.247 e. The molecule has 0 saturated carbocycles. The molecule has 2 rings (SSSR count). The van der Waals surface area contributed by atoms with Gasteiger partial charge in [-0.3, -0.25) is 4.79 Å². The molecule has 2 heterocycles. The zero-order valence-electron chi connectivity index (χ0n) is 12.1. The van der Waals surface area contributed by atoms with Crippen molar-refractivity contribution in [2.45, 2.75) is 52.5 Å². The molecule has 4 heteroatoms. The molecular weight excluding hydrogens is 240 g/mol. The van der Waals surface area contributed by atoms with Crippen LogP contribution < -0.4 is 0 Å². The molecule has 1 saturated heterocycles. The molecule has 0 spiro atoms. The Morgan fingerprint density at radius 1 is 1.53 bits per heavy atom. The zero-order chi connectivity index (χ0) is 14.0. The highest BCUT2D eigenvalue weighted by molar-refractivity contribution is 5.88. The highest BCUT2D eigenvalue weighted by Crippen LogP contribution is 2.32. The van der Waals surface area contributed by atoms with Crippen LogP contribution in [0.15, 0.2) is 22.2 Å². The number of amides is 1. The quantitative estimate of drug-likeness (QED) is 0.784. The van der Waals surface area contributed by atoms with Crippen LogP contribution in [0.3, 0.4) is 0 Å². The molecule has 0 aliphatic carbocycles. The Labute approximate surface area is 114 Å². The van der Waals surface area contributed by atoms with Crippen molar-refractivity contribution in [3.8, 4) is 0 Å². The van der Waals surface area contributed by atoms with Gasteiger partial charge < -0.3 is 9.42 Å². The van der Waals surface area contributed by atoms with Gasteiger partial charge in [0.2, 0.25) is 5.91 Å². The Bertz CT molecular complexity index is 484. The van der Waals surface area contributed by atoms with Crippen molar-refractivity contribution in [2.75, 3.05) is 6.54 Å².